The van der Waals surface area contributed by atoms with Gasteiger partial charge in [0.2, 0.25) is 12.6 Å². The van der Waals surface area contributed by atoms with Crippen molar-refractivity contribution in [1.29, 1.82) is 0 Å². The summed E-state index contributed by atoms with van der Waals surface area (Å²) in [6, 6.07) is 11.2. The van der Waals surface area contributed by atoms with Crippen LogP contribution >= 0.6 is 0 Å². The number of ether oxygens (including phenoxy) is 6. The Balaban J connectivity index is 1.31. The number of oxime groups is 1. The number of aliphatic hydroxyl groups excluding tert-OH is 2. The average Bonchev–Trinajstić information content (AvgIpc) is 4.05. The highest BCUT2D eigenvalue weighted by molar-refractivity contribution is 6.03. The van der Waals surface area contributed by atoms with Gasteiger partial charge in [0, 0.05) is 57.3 Å². The van der Waals surface area contributed by atoms with E-state index in [0.29, 0.717) is 36.7 Å². The molecule has 1 amide bonds. The van der Waals surface area contributed by atoms with E-state index in [-0.39, 0.29) is 63.9 Å². The summed E-state index contributed by atoms with van der Waals surface area (Å²) in [5.41, 5.74) is 2.98. The summed E-state index contributed by atoms with van der Waals surface area (Å²) in [5, 5.41) is 25.1. The summed E-state index contributed by atoms with van der Waals surface area (Å²) < 4.78 is 39.0. The van der Waals surface area contributed by atoms with Gasteiger partial charge in [-0.1, -0.05) is 101 Å². The summed E-state index contributed by atoms with van der Waals surface area (Å²) >= 11 is 0. The van der Waals surface area contributed by atoms with Crippen molar-refractivity contribution in [2.24, 2.45) is 22.9 Å². The Kier molecular flexibility index (Phi) is 19.6. The van der Waals surface area contributed by atoms with Crippen LogP contribution < -0.4 is 18.9 Å². The second kappa shape index (κ2) is 25.7. The Labute approximate surface area is 412 Å². The number of nitrogens with zero attached hydrogens (tertiary/aromatic N) is 3. The van der Waals surface area contributed by atoms with Crippen LogP contribution in [-0.4, -0.2) is 109 Å². The molecule has 3 heterocycles. The first kappa shape index (κ1) is 52.5. The number of allylic oxidation sites excluding steroid dienone is 1. The lowest BCUT2D eigenvalue weighted by molar-refractivity contribution is -0.256. The summed E-state index contributed by atoms with van der Waals surface area (Å²) in [6.07, 6.45) is 20.4. The number of unbranched alkanes of at least 4 members (excludes halogenated alkanes) is 11. The summed E-state index contributed by atoms with van der Waals surface area (Å²) in [6.45, 7) is 16.9. The number of benzene rings is 2. The number of rotatable bonds is 30. The predicted octanol–water partition coefficient (Wildman–Crippen LogP) is 11.1. The summed E-state index contributed by atoms with van der Waals surface area (Å²) in [5.74, 6) is 0.862. The fourth-order valence-electron chi connectivity index (χ4n) is 10.9. The Morgan fingerprint density at radius 2 is 1.59 bits per heavy atom. The fourth-order valence-corrected chi connectivity index (χ4v) is 10.9. The number of hydrogen-bond acceptors (Lipinski definition) is 12. The van der Waals surface area contributed by atoms with E-state index in [1.807, 2.05) is 51.1 Å². The molecule has 5 aliphatic rings. The lowest BCUT2D eigenvalue weighted by Crippen LogP contribution is -2.70. The zero-order chi connectivity index (χ0) is 48.6. The molecule has 6 atom stereocenters. The topological polar surface area (TPSA) is 141 Å². The minimum atomic E-state index is -1.43. The second-order valence-electron chi connectivity index (χ2n) is 20.8. The van der Waals surface area contributed by atoms with Crippen LogP contribution in [0.1, 0.15) is 154 Å². The number of carbonyl (C=O) groups is 1. The monoisotopic (exact) mass is 958 g/mol. The molecule has 2 aliphatic carbocycles. The maximum atomic E-state index is 15.1. The van der Waals surface area contributed by atoms with Crippen molar-refractivity contribution in [2.45, 2.75) is 167 Å². The minimum Gasteiger partial charge on any atom is -0.492 e. The van der Waals surface area contributed by atoms with Gasteiger partial charge in [0.1, 0.15) is 29.7 Å². The van der Waals surface area contributed by atoms with E-state index in [0.717, 1.165) is 92.7 Å². The van der Waals surface area contributed by atoms with Crippen molar-refractivity contribution in [3.05, 3.63) is 71.8 Å². The van der Waals surface area contributed by atoms with E-state index in [1.165, 1.54) is 44.9 Å². The first-order chi connectivity index (χ1) is 33.6. The molecule has 0 aromatic heterocycles. The zero-order valence-electron chi connectivity index (χ0n) is 42.3. The molecule has 13 heteroatoms. The van der Waals surface area contributed by atoms with Gasteiger partial charge in [-0.2, -0.15) is 0 Å². The molecule has 1 saturated carbocycles. The van der Waals surface area contributed by atoms with Crippen LogP contribution in [-0.2, 0) is 20.9 Å². The Morgan fingerprint density at radius 1 is 0.884 bits per heavy atom. The Morgan fingerprint density at radius 3 is 2.30 bits per heavy atom. The molecule has 382 valence electrons. The van der Waals surface area contributed by atoms with E-state index < -0.39 is 29.4 Å². The molecular weight excluding hydrogens is 875 g/mol. The van der Waals surface area contributed by atoms with Crippen molar-refractivity contribution in [1.82, 2.24) is 9.80 Å². The maximum absolute atomic E-state index is 15.1. The van der Waals surface area contributed by atoms with E-state index in [4.69, 9.17) is 38.4 Å². The van der Waals surface area contributed by atoms with Gasteiger partial charge >= 0.3 is 6.09 Å². The van der Waals surface area contributed by atoms with Gasteiger partial charge in [-0.25, -0.2) is 4.79 Å². The van der Waals surface area contributed by atoms with Gasteiger partial charge in [-0.05, 0) is 106 Å². The van der Waals surface area contributed by atoms with Gasteiger partial charge in [0.05, 0.1) is 24.8 Å². The maximum Gasteiger partial charge on any atom is 0.410 e. The number of aliphatic hydroxyl groups is 2. The number of hydrogen-bond donors (Lipinski definition) is 2. The van der Waals surface area contributed by atoms with Gasteiger partial charge < -0.3 is 43.5 Å². The van der Waals surface area contributed by atoms with Crippen LogP contribution in [0.4, 0.5) is 4.79 Å². The van der Waals surface area contributed by atoms with Gasteiger partial charge in [-0.15, -0.1) is 6.58 Å². The standard InChI is InChI=1S/C56H83N3O10/c1-6-8-9-10-11-12-13-14-15-20-33-64-54(62)59(39-41-23-25-49-50(35-41)66-40-65-49)51-38-47(57-69-55(3,4)5)45-36-42(21-16-18-30-60)44(22-17-19-31-61)52-46-37-43(63-34-29-58-27-28-58)24-26-48(46)68-56(51,53(45)52)67-32-7-2/h7,23-26,35-37,42,44,51-53,60-61H,2,6,8-22,27-34,38-40H2,1,3-5H3. The molecule has 0 radical (unpaired) electrons. The summed E-state index contributed by atoms with van der Waals surface area (Å²) in [4.78, 5) is 25.6. The highest BCUT2D eigenvalue weighted by Gasteiger charge is 2.66. The largest absolute Gasteiger partial charge is 0.492 e. The second-order valence-corrected chi connectivity index (χ2v) is 20.8. The number of carbonyl (C=O) groups excluding carboxylic acids is 1. The first-order valence-electron chi connectivity index (χ1n) is 26.5. The van der Waals surface area contributed by atoms with Crippen molar-refractivity contribution < 1.29 is 48.3 Å². The molecule has 2 fully saturated rings. The predicted molar refractivity (Wildman–Crippen MR) is 269 cm³/mol. The summed E-state index contributed by atoms with van der Waals surface area (Å²) in [7, 11) is 0. The SMILES string of the molecule is C=CCOC12Oc3ccc(OCCN4CC4)cc3C3C(CCCCO)C(CCCCO)C=C(C(=NOC(C)(C)C)CC1N(Cc1ccc4c(c1)OCO4)C(=O)OCCCCCCCCCCCC)C32. The van der Waals surface area contributed by atoms with Crippen LogP contribution in [0.25, 0.3) is 0 Å². The molecule has 2 aromatic rings. The van der Waals surface area contributed by atoms with Crippen LogP contribution in [0, 0.1) is 17.8 Å². The third kappa shape index (κ3) is 14.0. The zero-order valence-corrected chi connectivity index (χ0v) is 42.3. The van der Waals surface area contributed by atoms with Crippen LogP contribution in [0.5, 0.6) is 23.0 Å². The molecule has 69 heavy (non-hydrogen) atoms. The molecule has 2 aromatic carbocycles. The smallest absolute Gasteiger partial charge is 0.410 e. The minimum absolute atomic E-state index is 0.0836. The molecule has 0 bridgehead atoms. The third-order valence-corrected chi connectivity index (χ3v) is 14.4. The molecule has 7 rings (SSSR count). The van der Waals surface area contributed by atoms with E-state index >= 15 is 4.79 Å². The van der Waals surface area contributed by atoms with Crippen LogP contribution in [0.15, 0.2) is 65.9 Å². The van der Waals surface area contributed by atoms with Gasteiger partial charge in [0.15, 0.2) is 11.5 Å². The van der Waals surface area contributed by atoms with Crippen molar-refractivity contribution in [3.63, 3.8) is 0 Å². The van der Waals surface area contributed by atoms with E-state index in [9.17, 15) is 10.2 Å². The molecule has 13 nitrogen and oxygen atoms in total. The number of fused-ring (bicyclic) bond motifs is 3. The van der Waals surface area contributed by atoms with E-state index in [2.05, 4.69) is 30.5 Å². The lowest BCUT2D eigenvalue weighted by Gasteiger charge is -2.60. The Bertz CT molecular complexity index is 2010. The molecule has 2 N–H and O–H groups in total. The molecular formula is C56H83N3O10. The Hall–Kier alpha value is -4.30. The van der Waals surface area contributed by atoms with Crippen molar-refractivity contribution >= 4 is 11.8 Å². The van der Waals surface area contributed by atoms with Gasteiger partial charge in [-0.3, -0.25) is 9.80 Å². The molecule has 6 unspecified atom stereocenters. The van der Waals surface area contributed by atoms with Gasteiger partial charge in [0.25, 0.3) is 0 Å². The number of amides is 1. The normalized spacial score (nSPS) is 23.9. The highest BCUT2D eigenvalue weighted by Crippen LogP contribution is 2.62. The van der Waals surface area contributed by atoms with Crippen LogP contribution in [0.2, 0.25) is 0 Å². The fraction of sp³-hybridized carbons (Fsp3) is 0.679. The average molecular weight is 958 g/mol. The molecule has 3 aliphatic heterocycles. The van der Waals surface area contributed by atoms with Crippen molar-refractivity contribution in [3.8, 4) is 23.0 Å². The van der Waals surface area contributed by atoms with Crippen LogP contribution in [0.3, 0.4) is 0 Å². The molecule has 0 spiro atoms. The molecule has 1 saturated heterocycles. The van der Waals surface area contributed by atoms with Crippen molar-refractivity contribution in [2.75, 3.05) is 59.5 Å². The third-order valence-electron chi connectivity index (χ3n) is 14.4. The highest BCUT2D eigenvalue weighted by atomic mass is 16.7. The quantitative estimate of drug-likeness (QED) is 0.0335. The first-order valence-corrected chi connectivity index (χ1v) is 26.5. The van der Waals surface area contributed by atoms with E-state index in [1.54, 1.807) is 11.0 Å². The lowest BCUT2D eigenvalue weighted by atomic mass is 9.55.